The molecule has 4 nitrogen and oxygen atoms in total. The van der Waals surface area contributed by atoms with Crippen molar-refractivity contribution in [3.05, 3.63) is 22.7 Å². The van der Waals surface area contributed by atoms with Crippen LogP contribution in [0.5, 0.6) is 11.5 Å². The van der Waals surface area contributed by atoms with Crippen molar-refractivity contribution in [2.24, 2.45) is 0 Å². The van der Waals surface area contributed by atoms with Crippen molar-refractivity contribution in [1.29, 1.82) is 0 Å². The van der Waals surface area contributed by atoms with Gasteiger partial charge in [0, 0.05) is 10.7 Å². The third-order valence-corrected chi connectivity index (χ3v) is 3.29. The van der Waals surface area contributed by atoms with Gasteiger partial charge in [-0.2, -0.15) is 0 Å². The fourth-order valence-corrected chi connectivity index (χ4v) is 2.57. The number of hydrogen-bond acceptors (Lipinski definition) is 4. The summed E-state index contributed by atoms with van der Waals surface area (Å²) in [5.74, 6) is 0.374. The van der Waals surface area contributed by atoms with Crippen LogP contribution < -0.4 is 9.47 Å². The van der Waals surface area contributed by atoms with Gasteiger partial charge in [0.05, 0.1) is 25.0 Å². The lowest BCUT2D eigenvalue weighted by molar-refractivity contribution is 0.355. The van der Waals surface area contributed by atoms with Gasteiger partial charge in [0.1, 0.15) is 0 Å². The molecule has 1 aromatic carbocycles. The number of benzene rings is 1. The van der Waals surface area contributed by atoms with E-state index in [-0.39, 0.29) is 10.8 Å². The average Bonchev–Trinajstić information content (AvgIpc) is 2.19. The SMILES string of the molecule is COc1ccc(CS(=O)(=O)Cl)c(Cl)c1OC. The van der Waals surface area contributed by atoms with Gasteiger partial charge in [-0.3, -0.25) is 0 Å². The Bertz CT molecular complexity index is 485. The van der Waals surface area contributed by atoms with Crippen LogP contribution in [0.15, 0.2) is 12.1 Å². The molecule has 0 bridgehead atoms. The molecule has 0 aromatic heterocycles. The maximum atomic E-state index is 10.9. The molecule has 1 rings (SSSR count). The summed E-state index contributed by atoms with van der Waals surface area (Å²) in [7, 11) is 4.38. The Kier molecular flexibility index (Phi) is 4.29. The van der Waals surface area contributed by atoms with Crippen LogP contribution in [-0.4, -0.2) is 22.6 Å². The molecule has 0 aliphatic rings. The number of halogens is 2. The Morgan fingerprint density at radius 2 is 1.88 bits per heavy atom. The van der Waals surface area contributed by atoms with Gasteiger partial charge in [0.2, 0.25) is 9.05 Å². The Labute approximate surface area is 103 Å². The molecule has 0 saturated heterocycles. The molecule has 0 amide bonds. The maximum Gasteiger partial charge on any atom is 0.236 e. The summed E-state index contributed by atoms with van der Waals surface area (Å²) in [5.41, 5.74) is 0.370. The van der Waals surface area contributed by atoms with Gasteiger partial charge in [-0.15, -0.1) is 0 Å². The second kappa shape index (κ2) is 5.12. The first-order valence-electron chi connectivity index (χ1n) is 4.20. The van der Waals surface area contributed by atoms with E-state index in [0.29, 0.717) is 17.1 Å². The van der Waals surface area contributed by atoms with E-state index < -0.39 is 9.05 Å². The van der Waals surface area contributed by atoms with E-state index in [0.717, 1.165) is 0 Å². The van der Waals surface area contributed by atoms with Crippen molar-refractivity contribution in [3.8, 4) is 11.5 Å². The molecular formula is C9H10Cl2O4S. The highest BCUT2D eigenvalue weighted by Crippen LogP contribution is 2.38. The summed E-state index contributed by atoms with van der Waals surface area (Å²) < 4.78 is 31.9. The molecule has 16 heavy (non-hydrogen) atoms. The highest BCUT2D eigenvalue weighted by atomic mass is 35.7. The molecule has 90 valence electrons. The molecule has 1 aromatic rings. The quantitative estimate of drug-likeness (QED) is 0.797. The van der Waals surface area contributed by atoms with Crippen LogP contribution in [0.1, 0.15) is 5.56 Å². The van der Waals surface area contributed by atoms with Crippen LogP contribution in [0.25, 0.3) is 0 Å². The lowest BCUT2D eigenvalue weighted by Crippen LogP contribution is -1.99. The normalized spacial score (nSPS) is 11.2. The Morgan fingerprint density at radius 1 is 1.25 bits per heavy atom. The second-order valence-electron chi connectivity index (χ2n) is 2.96. The minimum absolute atomic E-state index is 0.186. The predicted octanol–water partition coefficient (Wildman–Crippen LogP) is 2.43. The number of hydrogen-bond donors (Lipinski definition) is 0. The molecule has 0 saturated carbocycles. The van der Waals surface area contributed by atoms with Gasteiger partial charge in [-0.1, -0.05) is 17.7 Å². The van der Waals surface area contributed by atoms with Crippen LogP contribution >= 0.6 is 22.3 Å². The lowest BCUT2D eigenvalue weighted by atomic mass is 10.2. The molecule has 0 heterocycles. The Morgan fingerprint density at radius 3 is 2.31 bits per heavy atom. The third-order valence-electron chi connectivity index (χ3n) is 1.89. The van der Waals surface area contributed by atoms with E-state index >= 15 is 0 Å². The van der Waals surface area contributed by atoms with Gasteiger partial charge >= 0.3 is 0 Å². The Balaban J connectivity index is 3.24. The average molecular weight is 285 g/mol. The van der Waals surface area contributed by atoms with Crippen LogP contribution in [0.4, 0.5) is 0 Å². The molecule has 7 heteroatoms. The van der Waals surface area contributed by atoms with E-state index in [1.807, 2.05) is 0 Å². The van der Waals surface area contributed by atoms with Gasteiger partial charge < -0.3 is 9.47 Å². The first kappa shape index (κ1) is 13.4. The maximum absolute atomic E-state index is 10.9. The van der Waals surface area contributed by atoms with Gasteiger partial charge in [0.25, 0.3) is 0 Å². The van der Waals surface area contributed by atoms with E-state index in [2.05, 4.69) is 0 Å². The standard InChI is InChI=1S/C9H10Cl2O4S/c1-14-7-4-3-6(5-16(11,12)13)8(10)9(7)15-2/h3-4H,5H2,1-2H3. The second-order valence-corrected chi connectivity index (χ2v) is 6.11. The highest BCUT2D eigenvalue weighted by molar-refractivity contribution is 8.13. The first-order chi connectivity index (χ1) is 7.39. The lowest BCUT2D eigenvalue weighted by Gasteiger charge is -2.11. The van der Waals surface area contributed by atoms with Crippen LogP contribution in [0.3, 0.4) is 0 Å². The first-order valence-corrected chi connectivity index (χ1v) is 7.06. The van der Waals surface area contributed by atoms with Crippen molar-refractivity contribution in [1.82, 2.24) is 0 Å². The highest BCUT2D eigenvalue weighted by Gasteiger charge is 2.17. The van der Waals surface area contributed by atoms with Crippen LogP contribution in [0.2, 0.25) is 5.02 Å². The van der Waals surface area contributed by atoms with E-state index in [1.165, 1.54) is 20.3 Å². The summed E-state index contributed by atoms with van der Waals surface area (Å²) >= 11 is 5.97. The molecule has 0 spiro atoms. The molecule has 0 N–H and O–H groups in total. The van der Waals surface area contributed by atoms with E-state index in [4.69, 9.17) is 31.8 Å². The summed E-state index contributed by atoms with van der Waals surface area (Å²) in [6.45, 7) is 0. The molecule has 0 aliphatic carbocycles. The molecule has 0 fully saturated rings. The van der Waals surface area contributed by atoms with Crippen molar-refractivity contribution < 1.29 is 17.9 Å². The topological polar surface area (TPSA) is 52.6 Å². The number of ether oxygens (including phenoxy) is 2. The minimum Gasteiger partial charge on any atom is -0.493 e. The van der Waals surface area contributed by atoms with Crippen molar-refractivity contribution >= 4 is 31.3 Å². The minimum atomic E-state index is -3.65. The summed E-state index contributed by atoms with van der Waals surface area (Å²) in [5, 5.41) is 0.186. The fourth-order valence-electron chi connectivity index (χ4n) is 1.23. The molecule has 0 aliphatic heterocycles. The van der Waals surface area contributed by atoms with Gasteiger partial charge in [-0.25, -0.2) is 8.42 Å². The summed E-state index contributed by atoms with van der Waals surface area (Å²) in [4.78, 5) is 0. The van der Waals surface area contributed by atoms with Gasteiger partial charge in [-0.05, 0) is 11.6 Å². The summed E-state index contributed by atoms with van der Waals surface area (Å²) in [6.07, 6.45) is 0. The van der Waals surface area contributed by atoms with Crippen molar-refractivity contribution in [2.75, 3.05) is 14.2 Å². The zero-order chi connectivity index (χ0) is 12.3. The monoisotopic (exact) mass is 284 g/mol. The van der Waals surface area contributed by atoms with Crippen LogP contribution in [0, 0.1) is 0 Å². The van der Waals surface area contributed by atoms with E-state index in [9.17, 15) is 8.42 Å². The molecule has 0 unspecified atom stereocenters. The zero-order valence-corrected chi connectivity index (χ0v) is 11.0. The third kappa shape index (κ3) is 3.17. The fraction of sp³-hybridized carbons (Fsp3) is 0.333. The molecule has 0 radical (unpaired) electrons. The van der Waals surface area contributed by atoms with Crippen LogP contribution in [-0.2, 0) is 14.8 Å². The van der Waals surface area contributed by atoms with Crippen molar-refractivity contribution in [3.63, 3.8) is 0 Å². The predicted molar refractivity (Wildman–Crippen MR) is 63.0 cm³/mol. The largest absolute Gasteiger partial charge is 0.493 e. The van der Waals surface area contributed by atoms with Gasteiger partial charge in [0.15, 0.2) is 11.5 Å². The smallest absolute Gasteiger partial charge is 0.236 e. The van der Waals surface area contributed by atoms with E-state index in [1.54, 1.807) is 6.07 Å². The molecule has 0 atom stereocenters. The number of methoxy groups -OCH3 is 2. The zero-order valence-electron chi connectivity index (χ0n) is 8.66. The Hall–Kier alpha value is -0.650. The van der Waals surface area contributed by atoms with Crippen molar-refractivity contribution in [2.45, 2.75) is 5.75 Å². The summed E-state index contributed by atoms with van der Waals surface area (Å²) in [6, 6.07) is 3.10. The number of rotatable bonds is 4. The molecular weight excluding hydrogens is 275 g/mol.